The Morgan fingerprint density at radius 1 is 1.20 bits per heavy atom. The van der Waals surface area contributed by atoms with E-state index in [9.17, 15) is 9.90 Å². The van der Waals surface area contributed by atoms with E-state index in [-0.39, 0.29) is 12.6 Å². The summed E-state index contributed by atoms with van der Waals surface area (Å²) in [5, 5.41) is 17.1. The van der Waals surface area contributed by atoms with Crippen molar-refractivity contribution in [1.82, 2.24) is 5.32 Å². The smallest absolute Gasteiger partial charge is 0.319 e. The third kappa shape index (κ3) is 3.27. The average molecular weight is 272 g/mol. The number of anilines is 1. The van der Waals surface area contributed by atoms with Crippen LogP contribution in [0.3, 0.4) is 0 Å². The second kappa shape index (κ2) is 5.92. The monoisotopic (exact) mass is 272 g/mol. The first-order valence-corrected chi connectivity index (χ1v) is 6.75. The molecule has 0 saturated heterocycles. The Labute approximate surface area is 118 Å². The van der Waals surface area contributed by atoms with Crippen molar-refractivity contribution in [1.29, 1.82) is 0 Å². The first-order chi connectivity index (χ1) is 9.56. The third-order valence-electron chi connectivity index (χ3n) is 3.55. The maximum atomic E-state index is 11.9. The summed E-state index contributed by atoms with van der Waals surface area (Å²) in [4.78, 5) is 11.9. The lowest BCUT2D eigenvalue weighted by molar-refractivity contribution is 0.172. The fourth-order valence-electron chi connectivity index (χ4n) is 1.94. The Balaban J connectivity index is 2.10. The molecular formula is C16H20N2O2. The van der Waals surface area contributed by atoms with Crippen LogP contribution < -0.4 is 10.6 Å². The molecule has 2 aromatic carbocycles. The number of urea groups is 1. The lowest BCUT2D eigenvalue weighted by Crippen LogP contribution is -2.50. The van der Waals surface area contributed by atoms with E-state index in [0.29, 0.717) is 6.42 Å². The van der Waals surface area contributed by atoms with Crippen LogP contribution in [-0.4, -0.2) is 23.3 Å². The van der Waals surface area contributed by atoms with Crippen LogP contribution in [0.4, 0.5) is 10.5 Å². The summed E-state index contributed by atoms with van der Waals surface area (Å²) in [6.45, 7) is 3.65. The molecule has 2 amide bonds. The highest BCUT2D eigenvalue weighted by Crippen LogP contribution is 2.19. The molecule has 0 aromatic heterocycles. The number of carbonyl (C=O) groups is 1. The standard InChI is InChI=1S/C16H20N2O2/c1-3-16(2,11-19)18-15(20)17-14-9-8-12-6-4-5-7-13(12)10-14/h4-10,19H,3,11H2,1-2H3,(H2,17,18,20). The van der Waals surface area contributed by atoms with E-state index in [1.54, 1.807) is 0 Å². The predicted octanol–water partition coefficient (Wildman–Crippen LogP) is 3.12. The molecule has 20 heavy (non-hydrogen) atoms. The topological polar surface area (TPSA) is 61.4 Å². The lowest BCUT2D eigenvalue weighted by atomic mass is 10.0. The maximum Gasteiger partial charge on any atom is 0.319 e. The number of aliphatic hydroxyl groups excluding tert-OH is 1. The van der Waals surface area contributed by atoms with Gasteiger partial charge in [0, 0.05) is 5.69 Å². The Kier molecular flexibility index (Phi) is 4.25. The van der Waals surface area contributed by atoms with Crippen molar-refractivity contribution < 1.29 is 9.90 Å². The zero-order valence-electron chi connectivity index (χ0n) is 11.8. The summed E-state index contributed by atoms with van der Waals surface area (Å²) < 4.78 is 0. The van der Waals surface area contributed by atoms with E-state index in [2.05, 4.69) is 10.6 Å². The van der Waals surface area contributed by atoms with Gasteiger partial charge in [0.2, 0.25) is 0 Å². The summed E-state index contributed by atoms with van der Waals surface area (Å²) in [6.07, 6.45) is 0.661. The maximum absolute atomic E-state index is 11.9. The molecule has 3 N–H and O–H groups in total. The van der Waals surface area contributed by atoms with E-state index < -0.39 is 5.54 Å². The van der Waals surface area contributed by atoms with Gasteiger partial charge in [0.05, 0.1) is 12.1 Å². The number of carbonyl (C=O) groups excluding carboxylic acids is 1. The van der Waals surface area contributed by atoms with Gasteiger partial charge in [-0.05, 0) is 36.2 Å². The molecule has 2 aromatic rings. The number of aliphatic hydroxyl groups is 1. The van der Waals surface area contributed by atoms with Crippen molar-refractivity contribution in [2.75, 3.05) is 11.9 Å². The van der Waals surface area contributed by atoms with Crippen LogP contribution in [0, 0.1) is 0 Å². The van der Waals surface area contributed by atoms with Crippen LogP contribution in [0.25, 0.3) is 10.8 Å². The number of fused-ring (bicyclic) bond motifs is 1. The quantitative estimate of drug-likeness (QED) is 0.800. The van der Waals surface area contributed by atoms with Crippen LogP contribution in [-0.2, 0) is 0 Å². The summed E-state index contributed by atoms with van der Waals surface area (Å²) in [5.74, 6) is 0. The molecule has 4 nitrogen and oxygen atoms in total. The number of amides is 2. The molecule has 1 unspecified atom stereocenters. The van der Waals surface area contributed by atoms with Gasteiger partial charge in [0.25, 0.3) is 0 Å². The molecule has 106 valence electrons. The fraction of sp³-hybridized carbons (Fsp3) is 0.312. The molecule has 0 fully saturated rings. The lowest BCUT2D eigenvalue weighted by Gasteiger charge is -2.27. The molecule has 0 heterocycles. The Bertz CT molecular complexity index is 606. The highest BCUT2D eigenvalue weighted by atomic mass is 16.3. The van der Waals surface area contributed by atoms with Crippen LogP contribution in [0.15, 0.2) is 42.5 Å². The molecule has 0 bridgehead atoms. The number of hydrogen-bond acceptors (Lipinski definition) is 2. The minimum Gasteiger partial charge on any atom is -0.394 e. The van der Waals surface area contributed by atoms with Gasteiger partial charge >= 0.3 is 6.03 Å². The van der Waals surface area contributed by atoms with Crippen LogP contribution in [0.5, 0.6) is 0 Å². The highest BCUT2D eigenvalue weighted by Gasteiger charge is 2.23. The average Bonchev–Trinajstić information content (AvgIpc) is 2.47. The number of rotatable bonds is 4. The Morgan fingerprint density at radius 3 is 2.55 bits per heavy atom. The van der Waals surface area contributed by atoms with Crippen molar-refractivity contribution in [3.05, 3.63) is 42.5 Å². The van der Waals surface area contributed by atoms with Gasteiger partial charge in [-0.3, -0.25) is 0 Å². The van der Waals surface area contributed by atoms with E-state index in [0.717, 1.165) is 16.5 Å². The van der Waals surface area contributed by atoms with Gasteiger partial charge in [-0.1, -0.05) is 37.3 Å². The van der Waals surface area contributed by atoms with Gasteiger partial charge in [0.15, 0.2) is 0 Å². The van der Waals surface area contributed by atoms with Gasteiger partial charge in [-0.2, -0.15) is 0 Å². The van der Waals surface area contributed by atoms with Gasteiger partial charge in [0.1, 0.15) is 0 Å². The molecule has 0 radical (unpaired) electrons. The van der Waals surface area contributed by atoms with Gasteiger partial charge in [-0.15, -0.1) is 0 Å². The molecule has 0 saturated carbocycles. The van der Waals surface area contributed by atoms with E-state index >= 15 is 0 Å². The molecule has 0 spiro atoms. The van der Waals surface area contributed by atoms with Crippen LogP contribution >= 0.6 is 0 Å². The second-order valence-corrected chi connectivity index (χ2v) is 5.21. The van der Waals surface area contributed by atoms with E-state index in [4.69, 9.17) is 0 Å². The first-order valence-electron chi connectivity index (χ1n) is 6.75. The first kappa shape index (κ1) is 14.3. The van der Waals surface area contributed by atoms with Crippen molar-refractivity contribution in [3.8, 4) is 0 Å². The van der Waals surface area contributed by atoms with Crippen molar-refractivity contribution in [2.45, 2.75) is 25.8 Å². The van der Waals surface area contributed by atoms with E-state index in [1.165, 1.54) is 0 Å². The highest BCUT2D eigenvalue weighted by molar-refractivity contribution is 5.93. The predicted molar refractivity (Wildman–Crippen MR) is 81.9 cm³/mol. The van der Waals surface area contributed by atoms with Crippen LogP contribution in [0.2, 0.25) is 0 Å². The number of nitrogens with one attached hydrogen (secondary N) is 2. The number of benzene rings is 2. The molecule has 0 aliphatic heterocycles. The summed E-state index contributed by atoms with van der Waals surface area (Å²) in [6, 6.07) is 13.4. The zero-order valence-corrected chi connectivity index (χ0v) is 11.8. The molecular weight excluding hydrogens is 252 g/mol. The zero-order chi connectivity index (χ0) is 14.6. The summed E-state index contributed by atoms with van der Waals surface area (Å²) in [5.41, 5.74) is 0.138. The summed E-state index contributed by atoms with van der Waals surface area (Å²) in [7, 11) is 0. The minimum atomic E-state index is -0.596. The fourth-order valence-corrected chi connectivity index (χ4v) is 1.94. The third-order valence-corrected chi connectivity index (χ3v) is 3.55. The normalized spacial score (nSPS) is 13.8. The minimum absolute atomic E-state index is 0.0887. The molecule has 0 aliphatic rings. The molecule has 2 rings (SSSR count). The number of hydrogen-bond donors (Lipinski definition) is 3. The van der Waals surface area contributed by atoms with Crippen LogP contribution in [0.1, 0.15) is 20.3 Å². The molecule has 4 heteroatoms. The Morgan fingerprint density at radius 2 is 1.90 bits per heavy atom. The SMILES string of the molecule is CCC(C)(CO)NC(=O)Nc1ccc2ccccc2c1. The van der Waals surface area contributed by atoms with Gasteiger partial charge in [-0.25, -0.2) is 4.79 Å². The Hall–Kier alpha value is -2.07. The van der Waals surface area contributed by atoms with Gasteiger partial charge < -0.3 is 15.7 Å². The molecule has 0 aliphatic carbocycles. The summed E-state index contributed by atoms with van der Waals surface area (Å²) >= 11 is 0. The van der Waals surface area contributed by atoms with Crippen molar-refractivity contribution in [2.24, 2.45) is 0 Å². The largest absolute Gasteiger partial charge is 0.394 e. The van der Waals surface area contributed by atoms with E-state index in [1.807, 2.05) is 56.3 Å². The second-order valence-electron chi connectivity index (χ2n) is 5.21. The van der Waals surface area contributed by atoms with Crippen molar-refractivity contribution >= 4 is 22.5 Å². The molecule has 1 atom stereocenters. The van der Waals surface area contributed by atoms with Crippen molar-refractivity contribution in [3.63, 3.8) is 0 Å².